The summed E-state index contributed by atoms with van der Waals surface area (Å²) in [5, 5.41) is 3.65. The van der Waals surface area contributed by atoms with Gasteiger partial charge in [-0.2, -0.15) is 0 Å². The smallest absolute Gasteiger partial charge is 0.221 e. The molecule has 0 fully saturated rings. The molecule has 0 spiro atoms. The number of hydrogen-bond acceptors (Lipinski definition) is 7. The maximum absolute atomic E-state index is 11.0. The number of fused-ring (bicyclic) bond motifs is 1. The van der Waals surface area contributed by atoms with E-state index >= 15 is 0 Å². The van der Waals surface area contributed by atoms with E-state index in [1.54, 1.807) is 41.2 Å². The van der Waals surface area contributed by atoms with Crippen LogP contribution in [0.5, 0.6) is 0 Å². The maximum atomic E-state index is 11.0. The fourth-order valence-electron chi connectivity index (χ4n) is 1.80. The van der Waals surface area contributed by atoms with Gasteiger partial charge >= 0.3 is 0 Å². The van der Waals surface area contributed by atoms with Crippen molar-refractivity contribution in [1.82, 2.24) is 15.0 Å². The van der Waals surface area contributed by atoms with Gasteiger partial charge in [0.1, 0.15) is 16.1 Å². The highest BCUT2D eigenvalue weighted by Gasteiger charge is 2.11. The lowest BCUT2D eigenvalue weighted by Gasteiger charge is -2.04. The van der Waals surface area contributed by atoms with Gasteiger partial charge in [0.25, 0.3) is 0 Å². The predicted octanol–water partition coefficient (Wildman–Crippen LogP) is 3.92. The zero-order valence-corrected chi connectivity index (χ0v) is 14.3. The Kier molecular flexibility index (Phi) is 4.60. The van der Waals surface area contributed by atoms with Crippen molar-refractivity contribution in [3.8, 4) is 0 Å². The first-order valence-electron chi connectivity index (χ1n) is 6.37. The second kappa shape index (κ2) is 6.64. The van der Waals surface area contributed by atoms with Crippen LogP contribution in [0.15, 0.2) is 44.9 Å². The van der Waals surface area contributed by atoms with E-state index in [1.807, 2.05) is 30.5 Å². The van der Waals surface area contributed by atoms with Gasteiger partial charge in [-0.3, -0.25) is 4.79 Å². The van der Waals surface area contributed by atoms with Crippen LogP contribution in [0.25, 0.3) is 10.3 Å². The third-order valence-corrected chi connectivity index (χ3v) is 5.88. The third kappa shape index (κ3) is 3.40. The van der Waals surface area contributed by atoms with Gasteiger partial charge in [-0.1, -0.05) is 23.5 Å². The molecule has 2 heterocycles. The highest BCUT2D eigenvalue weighted by molar-refractivity contribution is 8.01. The molecule has 8 heteroatoms. The molecular formula is C14H12N4OS3. The molecule has 3 aromatic rings. The van der Waals surface area contributed by atoms with Crippen LogP contribution in [0, 0.1) is 0 Å². The van der Waals surface area contributed by atoms with E-state index in [-0.39, 0.29) is 5.91 Å². The molecule has 5 nitrogen and oxygen atoms in total. The number of carbonyl (C=O) groups is 1. The molecule has 1 amide bonds. The van der Waals surface area contributed by atoms with Gasteiger partial charge in [0.2, 0.25) is 5.91 Å². The third-order valence-electron chi connectivity index (χ3n) is 2.70. The summed E-state index contributed by atoms with van der Waals surface area (Å²) in [4.78, 5) is 25.1. The number of hydrogen-bond donors (Lipinski definition) is 1. The van der Waals surface area contributed by atoms with E-state index < -0.39 is 0 Å². The average molecular weight is 348 g/mol. The average Bonchev–Trinajstić information content (AvgIpc) is 2.93. The summed E-state index contributed by atoms with van der Waals surface area (Å²) in [6.07, 6.45) is 3.54. The number of rotatable bonds is 4. The van der Waals surface area contributed by atoms with Crippen molar-refractivity contribution in [2.75, 3.05) is 11.6 Å². The van der Waals surface area contributed by atoms with Gasteiger partial charge in [-0.05, 0) is 30.5 Å². The Balaban J connectivity index is 1.86. The summed E-state index contributed by atoms with van der Waals surface area (Å²) < 4.78 is 1.99. The number of carbonyl (C=O) groups excluding carboxylic acids is 1. The lowest BCUT2D eigenvalue weighted by molar-refractivity contribution is -0.114. The van der Waals surface area contributed by atoms with E-state index in [0.29, 0.717) is 0 Å². The molecule has 112 valence electrons. The normalized spacial score (nSPS) is 10.8. The van der Waals surface area contributed by atoms with Crippen LogP contribution in [0.1, 0.15) is 6.92 Å². The molecule has 0 unspecified atom stereocenters. The number of amides is 1. The Morgan fingerprint density at radius 3 is 2.68 bits per heavy atom. The van der Waals surface area contributed by atoms with Crippen LogP contribution in [-0.4, -0.2) is 27.1 Å². The Morgan fingerprint density at radius 1 is 1.23 bits per heavy atom. The van der Waals surface area contributed by atoms with Gasteiger partial charge in [-0.15, -0.1) is 11.3 Å². The first-order chi connectivity index (χ1) is 10.7. The van der Waals surface area contributed by atoms with E-state index in [2.05, 4.69) is 20.3 Å². The van der Waals surface area contributed by atoms with Gasteiger partial charge in [-0.25, -0.2) is 15.0 Å². The van der Waals surface area contributed by atoms with Crippen molar-refractivity contribution >= 4 is 56.8 Å². The molecule has 3 rings (SSSR count). The van der Waals surface area contributed by atoms with Crippen molar-refractivity contribution in [1.29, 1.82) is 0 Å². The molecule has 0 radical (unpaired) electrons. The largest absolute Gasteiger partial charge is 0.326 e. The van der Waals surface area contributed by atoms with Crippen LogP contribution in [0.2, 0.25) is 0 Å². The van der Waals surface area contributed by atoms with Crippen molar-refractivity contribution in [2.24, 2.45) is 0 Å². The molecule has 22 heavy (non-hydrogen) atoms. The molecule has 0 aliphatic heterocycles. The first kappa shape index (κ1) is 15.3. The van der Waals surface area contributed by atoms with Gasteiger partial charge < -0.3 is 5.32 Å². The number of anilines is 1. The predicted molar refractivity (Wildman–Crippen MR) is 91.9 cm³/mol. The summed E-state index contributed by atoms with van der Waals surface area (Å²) >= 11 is 4.78. The highest BCUT2D eigenvalue weighted by atomic mass is 32.2. The fourth-order valence-corrected chi connectivity index (χ4v) is 4.22. The second-order valence-electron chi connectivity index (χ2n) is 4.32. The van der Waals surface area contributed by atoms with Crippen molar-refractivity contribution in [3.05, 3.63) is 30.6 Å². The molecule has 0 saturated carbocycles. The highest BCUT2D eigenvalue weighted by Crippen LogP contribution is 2.36. The molecule has 2 aromatic heterocycles. The molecule has 0 aliphatic carbocycles. The Labute approximate surface area is 140 Å². The first-order valence-corrected chi connectivity index (χ1v) is 9.22. The number of benzene rings is 1. The van der Waals surface area contributed by atoms with Gasteiger partial charge in [0.05, 0.1) is 0 Å². The molecule has 0 atom stereocenters. The Morgan fingerprint density at radius 2 is 2.00 bits per heavy atom. The number of nitrogens with one attached hydrogen (secondary N) is 1. The summed E-state index contributed by atoms with van der Waals surface area (Å²) in [7, 11) is 0. The van der Waals surface area contributed by atoms with Crippen LogP contribution in [0.4, 0.5) is 5.69 Å². The zero-order chi connectivity index (χ0) is 15.5. The summed E-state index contributed by atoms with van der Waals surface area (Å²) in [5.41, 5.74) is 1.52. The van der Waals surface area contributed by atoms with Crippen LogP contribution in [-0.2, 0) is 4.79 Å². The van der Waals surface area contributed by atoms with Crippen LogP contribution in [0.3, 0.4) is 0 Å². The van der Waals surface area contributed by atoms with Crippen molar-refractivity contribution in [3.63, 3.8) is 0 Å². The number of thioether (sulfide) groups is 1. The van der Waals surface area contributed by atoms with E-state index in [4.69, 9.17) is 0 Å². The molecule has 0 saturated heterocycles. The van der Waals surface area contributed by atoms with Crippen molar-refractivity contribution < 1.29 is 4.79 Å². The van der Waals surface area contributed by atoms with Crippen LogP contribution < -0.4 is 5.32 Å². The Hall–Kier alpha value is -1.64. The fraction of sp³-hybridized carbons (Fsp3) is 0.143. The minimum atomic E-state index is -0.0767. The minimum absolute atomic E-state index is 0.0767. The SMILES string of the molecule is CSc1nc2ncnc(Sc3ccc(NC(C)=O)cc3)c2s1. The monoisotopic (exact) mass is 348 g/mol. The van der Waals surface area contributed by atoms with E-state index in [1.165, 1.54) is 6.92 Å². The molecule has 1 aromatic carbocycles. The molecule has 0 bridgehead atoms. The summed E-state index contributed by atoms with van der Waals surface area (Å²) in [6.45, 7) is 1.49. The quantitative estimate of drug-likeness (QED) is 0.569. The maximum Gasteiger partial charge on any atom is 0.221 e. The van der Waals surface area contributed by atoms with Gasteiger partial charge in [0, 0.05) is 17.5 Å². The topological polar surface area (TPSA) is 67.8 Å². The van der Waals surface area contributed by atoms with Gasteiger partial charge in [0.15, 0.2) is 9.99 Å². The number of nitrogens with zero attached hydrogens (tertiary/aromatic N) is 3. The standard InChI is InChI=1S/C14H12N4OS3/c1-8(19)17-9-3-5-10(6-4-9)21-13-11-12(15-7-16-13)18-14(20-2)22-11/h3-7H,1-2H3,(H,17,19). The molecule has 0 aliphatic rings. The second-order valence-corrected chi connectivity index (χ2v) is 7.44. The molecule has 1 N–H and O–H groups in total. The Bertz CT molecular complexity index is 817. The van der Waals surface area contributed by atoms with Crippen LogP contribution >= 0.6 is 34.9 Å². The summed E-state index contributed by atoms with van der Waals surface area (Å²) in [5.74, 6) is -0.0767. The minimum Gasteiger partial charge on any atom is -0.326 e. The van der Waals surface area contributed by atoms with E-state index in [0.717, 1.165) is 30.3 Å². The van der Waals surface area contributed by atoms with E-state index in [9.17, 15) is 4.79 Å². The lowest BCUT2D eigenvalue weighted by atomic mass is 10.3. The molecular weight excluding hydrogens is 336 g/mol. The zero-order valence-electron chi connectivity index (χ0n) is 11.9. The lowest BCUT2D eigenvalue weighted by Crippen LogP contribution is -2.05. The van der Waals surface area contributed by atoms with Crippen molar-refractivity contribution in [2.45, 2.75) is 21.2 Å². The summed E-state index contributed by atoms with van der Waals surface area (Å²) in [6, 6.07) is 7.67. The number of thiazole rings is 1. The number of aromatic nitrogens is 3.